The van der Waals surface area contributed by atoms with E-state index in [-0.39, 0.29) is 6.10 Å². The van der Waals surface area contributed by atoms with E-state index in [1.165, 1.54) is 0 Å². The summed E-state index contributed by atoms with van der Waals surface area (Å²) < 4.78 is 5.48. The largest absolute Gasteiger partial charge is 0.383 e. The number of ether oxygens (including phenoxy) is 1. The molecule has 2 rings (SSSR count). The normalized spacial score (nSPS) is 29.2. The van der Waals surface area contributed by atoms with Gasteiger partial charge in [-0.1, -0.05) is 6.07 Å². The van der Waals surface area contributed by atoms with Gasteiger partial charge in [-0.25, -0.2) is 0 Å². The van der Waals surface area contributed by atoms with Gasteiger partial charge in [-0.15, -0.1) is 11.3 Å². The highest BCUT2D eigenvalue weighted by molar-refractivity contribution is 7.10. The van der Waals surface area contributed by atoms with Crippen molar-refractivity contribution in [2.75, 3.05) is 13.2 Å². The summed E-state index contributed by atoms with van der Waals surface area (Å²) in [6.45, 7) is 5.32. The second-order valence-electron chi connectivity index (χ2n) is 4.60. The quantitative estimate of drug-likeness (QED) is 0.843. The van der Waals surface area contributed by atoms with Crippen LogP contribution in [0.3, 0.4) is 0 Å². The Balaban J connectivity index is 1.89. The van der Waals surface area contributed by atoms with Crippen LogP contribution in [0, 0.1) is 0 Å². The van der Waals surface area contributed by atoms with E-state index in [9.17, 15) is 5.11 Å². The van der Waals surface area contributed by atoms with Gasteiger partial charge >= 0.3 is 0 Å². The lowest BCUT2D eigenvalue weighted by molar-refractivity contribution is 0.0515. The molecule has 16 heavy (non-hydrogen) atoms. The van der Waals surface area contributed by atoms with Crippen molar-refractivity contribution >= 4 is 11.3 Å². The molecule has 1 fully saturated rings. The molecule has 0 amide bonds. The van der Waals surface area contributed by atoms with Gasteiger partial charge in [0.25, 0.3) is 0 Å². The molecule has 0 aliphatic carbocycles. The third-order valence-electron chi connectivity index (χ3n) is 3.14. The van der Waals surface area contributed by atoms with Gasteiger partial charge in [0.1, 0.15) is 5.60 Å². The second kappa shape index (κ2) is 4.84. The first-order valence-electron chi connectivity index (χ1n) is 5.71. The molecular weight excluding hydrogens is 222 g/mol. The third kappa shape index (κ3) is 2.63. The van der Waals surface area contributed by atoms with E-state index >= 15 is 0 Å². The van der Waals surface area contributed by atoms with Gasteiger partial charge in [-0.3, -0.25) is 0 Å². The molecule has 1 aliphatic rings. The Morgan fingerprint density at radius 2 is 2.50 bits per heavy atom. The summed E-state index contributed by atoms with van der Waals surface area (Å²) in [6.07, 6.45) is 1.28. The van der Waals surface area contributed by atoms with E-state index < -0.39 is 5.60 Å². The van der Waals surface area contributed by atoms with E-state index in [0.717, 1.165) is 17.9 Å². The Morgan fingerprint density at radius 1 is 1.69 bits per heavy atom. The molecule has 2 N–H and O–H groups in total. The molecule has 3 nitrogen and oxygen atoms in total. The minimum Gasteiger partial charge on any atom is -0.383 e. The fourth-order valence-electron chi connectivity index (χ4n) is 2.00. The zero-order valence-electron chi connectivity index (χ0n) is 9.77. The number of nitrogens with one attached hydrogen (secondary N) is 1. The summed E-state index contributed by atoms with van der Waals surface area (Å²) in [7, 11) is 0. The van der Waals surface area contributed by atoms with Gasteiger partial charge in [0.15, 0.2) is 0 Å². The Morgan fingerprint density at radius 3 is 3.06 bits per heavy atom. The Kier molecular flexibility index (Phi) is 3.64. The molecule has 1 aliphatic heterocycles. The first kappa shape index (κ1) is 12.0. The van der Waals surface area contributed by atoms with Gasteiger partial charge < -0.3 is 15.2 Å². The van der Waals surface area contributed by atoms with Crippen LogP contribution in [0.15, 0.2) is 17.5 Å². The Bertz CT molecular complexity index is 324. The molecule has 3 atom stereocenters. The maximum atomic E-state index is 10.3. The van der Waals surface area contributed by atoms with Crippen molar-refractivity contribution < 1.29 is 9.84 Å². The van der Waals surface area contributed by atoms with E-state index in [4.69, 9.17) is 4.74 Å². The van der Waals surface area contributed by atoms with Crippen LogP contribution < -0.4 is 5.32 Å². The average molecular weight is 241 g/mol. The lowest BCUT2D eigenvalue weighted by Gasteiger charge is -2.25. The van der Waals surface area contributed by atoms with Crippen LogP contribution in [0.4, 0.5) is 0 Å². The molecule has 0 bridgehead atoms. The van der Waals surface area contributed by atoms with Crippen molar-refractivity contribution in [3.8, 4) is 0 Å². The van der Waals surface area contributed by atoms with Crippen LogP contribution in [-0.2, 0) is 10.3 Å². The summed E-state index contributed by atoms with van der Waals surface area (Å²) in [5, 5.41) is 15.7. The zero-order chi connectivity index (χ0) is 11.6. The lowest BCUT2D eigenvalue weighted by Crippen LogP contribution is -2.43. The Hall–Kier alpha value is -0.420. The first-order valence-corrected chi connectivity index (χ1v) is 6.59. The van der Waals surface area contributed by atoms with Gasteiger partial charge in [0.2, 0.25) is 0 Å². The van der Waals surface area contributed by atoms with Crippen molar-refractivity contribution in [3.05, 3.63) is 22.4 Å². The maximum absolute atomic E-state index is 10.3. The van der Waals surface area contributed by atoms with E-state index in [0.29, 0.717) is 12.6 Å². The molecule has 2 heterocycles. The van der Waals surface area contributed by atoms with E-state index in [1.54, 1.807) is 11.3 Å². The highest BCUT2D eigenvalue weighted by Gasteiger charge is 2.29. The number of aliphatic hydroxyl groups is 1. The highest BCUT2D eigenvalue weighted by Crippen LogP contribution is 2.25. The first-order chi connectivity index (χ1) is 7.59. The topological polar surface area (TPSA) is 41.5 Å². The monoisotopic (exact) mass is 241 g/mol. The smallest absolute Gasteiger partial charge is 0.108 e. The van der Waals surface area contributed by atoms with Gasteiger partial charge in [-0.2, -0.15) is 0 Å². The van der Waals surface area contributed by atoms with Crippen LogP contribution in [0.2, 0.25) is 0 Å². The van der Waals surface area contributed by atoms with Crippen molar-refractivity contribution in [3.63, 3.8) is 0 Å². The molecular formula is C12H19NO2S. The van der Waals surface area contributed by atoms with Gasteiger partial charge in [0.05, 0.1) is 6.10 Å². The lowest BCUT2D eigenvalue weighted by atomic mass is 10.0. The van der Waals surface area contributed by atoms with Gasteiger partial charge in [0, 0.05) is 24.1 Å². The zero-order valence-corrected chi connectivity index (χ0v) is 10.6. The predicted molar refractivity (Wildman–Crippen MR) is 65.7 cm³/mol. The molecule has 0 saturated carbocycles. The van der Waals surface area contributed by atoms with E-state index in [2.05, 4.69) is 12.2 Å². The van der Waals surface area contributed by atoms with Crippen LogP contribution in [0.1, 0.15) is 25.1 Å². The third-order valence-corrected chi connectivity index (χ3v) is 4.26. The predicted octanol–water partition coefficient (Wildman–Crippen LogP) is 1.72. The molecule has 0 aromatic carbocycles. The molecule has 1 saturated heterocycles. The van der Waals surface area contributed by atoms with Crippen molar-refractivity contribution in [1.29, 1.82) is 0 Å². The molecule has 0 spiro atoms. The standard InChI is InChI=1S/C12H19NO2S/c1-9-10(5-6-15-9)13-8-12(2,14)11-4-3-7-16-11/h3-4,7,9-10,13-14H,5-6,8H2,1-2H3. The van der Waals surface area contributed by atoms with Gasteiger partial charge in [-0.05, 0) is 31.7 Å². The number of hydrogen-bond donors (Lipinski definition) is 2. The van der Waals surface area contributed by atoms with Crippen LogP contribution in [-0.4, -0.2) is 30.4 Å². The molecule has 90 valence electrons. The number of thiophene rings is 1. The second-order valence-corrected chi connectivity index (χ2v) is 5.55. The fraction of sp³-hybridized carbons (Fsp3) is 0.667. The summed E-state index contributed by atoms with van der Waals surface area (Å²) >= 11 is 1.59. The highest BCUT2D eigenvalue weighted by atomic mass is 32.1. The summed E-state index contributed by atoms with van der Waals surface area (Å²) in [5.41, 5.74) is -0.781. The van der Waals surface area contributed by atoms with Crippen molar-refractivity contribution in [1.82, 2.24) is 5.32 Å². The average Bonchev–Trinajstić information content (AvgIpc) is 2.85. The summed E-state index contributed by atoms with van der Waals surface area (Å²) in [6, 6.07) is 4.31. The molecule has 1 aromatic heterocycles. The van der Waals surface area contributed by atoms with Crippen molar-refractivity contribution in [2.24, 2.45) is 0 Å². The molecule has 0 radical (unpaired) electrons. The van der Waals surface area contributed by atoms with Crippen LogP contribution >= 0.6 is 11.3 Å². The van der Waals surface area contributed by atoms with E-state index in [1.807, 2.05) is 24.4 Å². The maximum Gasteiger partial charge on any atom is 0.108 e. The van der Waals surface area contributed by atoms with Crippen molar-refractivity contribution in [2.45, 2.75) is 38.0 Å². The minimum absolute atomic E-state index is 0.249. The fourth-order valence-corrected chi connectivity index (χ4v) is 2.79. The molecule has 1 aromatic rings. The van der Waals surface area contributed by atoms with Crippen LogP contribution in [0.25, 0.3) is 0 Å². The summed E-state index contributed by atoms with van der Waals surface area (Å²) in [4.78, 5) is 1.01. The number of rotatable bonds is 4. The van der Waals surface area contributed by atoms with Crippen LogP contribution in [0.5, 0.6) is 0 Å². The minimum atomic E-state index is -0.781. The Labute approximate surface area is 100 Å². The summed E-state index contributed by atoms with van der Waals surface area (Å²) in [5.74, 6) is 0. The SMILES string of the molecule is CC1OCCC1NCC(C)(O)c1cccs1. The number of hydrogen-bond acceptors (Lipinski definition) is 4. The molecule has 3 unspecified atom stereocenters. The molecule has 4 heteroatoms.